The summed E-state index contributed by atoms with van der Waals surface area (Å²) in [6, 6.07) is 2.42. The van der Waals surface area contributed by atoms with Crippen molar-refractivity contribution in [1.82, 2.24) is 5.32 Å². The van der Waals surface area contributed by atoms with E-state index in [1.807, 2.05) is 0 Å². The number of carbonyl (C=O) groups excluding carboxylic acids is 1. The highest BCUT2D eigenvalue weighted by atomic mass is 35.5. The van der Waals surface area contributed by atoms with Crippen LogP contribution in [0.3, 0.4) is 0 Å². The maximum absolute atomic E-state index is 11.8. The maximum Gasteiger partial charge on any atom is 0.405 e. The van der Waals surface area contributed by atoms with Gasteiger partial charge in [-0.25, -0.2) is 9.59 Å². The molecular formula is C10H8ClF3N2O3. The number of nitrogens with one attached hydrogen (secondary N) is 2. The van der Waals surface area contributed by atoms with Crippen LogP contribution >= 0.6 is 11.6 Å². The van der Waals surface area contributed by atoms with Gasteiger partial charge in [0.2, 0.25) is 0 Å². The van der Waals surface area contributed by atoms with Crippen molar-refractivity contribution in [2.75, 3.05) is 11.9 Å². The zero-order valence-electron chi connectivity index (χ0n) is 9.21. The predicted octanol–water partition coefficient (Wildman–Crippen LogP) is 2.72. The van der Waals surface area contributed by atoms with Gasteiger partial charge in [0.15, 0.2) is 0 Å². The highest BCUT2D eigenvalue weighted by Crippen LogP contribution is 2.20. The number of carboxylic acids is 1. The molecule has 1 rings (SSSR count). The van der Waals surface area contributed by atoms with Crippen LogP contribution in [0.25, 0.3) is 0 Å². The van der Waals surface area contributed by atoms with Gasteiger partial charge in [-0.15, -0.1) is 0 Å². The zero-order chi connectivity index (χ0) is 14.6. The van der Waals surface area contributed by atoms with Gasteiger partial charge in [-0.05, 0) is 18.2 Å². The maximum atomic E-state index is 11.8. The van der Waals surface area contributed by atoms with E-state index in [0.717, 1.165) is 6.07 Å². The van der Waals surface area contributed by atoms with Gasteiger partial charge in [-0.1, -0.05) is 11.6 Å². The molecule has 0 radical (unpaired) electrons. The first kappa shape index (κ1) is 15.1. The van der Waals surface area contributed by atoms with Crippen LogP contribution in [0.1, 0.15) is 10.4 Å². The lowest BCUT2D eigenvalue weighted by Crippen LogP contribution is -2.36. The molecule has 0 aliphatic rings. The van der Waals surface area contributed by atoms with E-state index in [9.17, 15) is 22.8 Å². The zero-order valence-corrected chi connectivity index (χ0v) is 9.97. The van der Waals surface area contributed by atoms with Gasteiger partial charge in [0.05, 0.1) is 10.6 Å². The van der Waals surface area contributed by atoms with Crippen molar-refractivity contribution in [1.29, 1.82) is 0 Å². The van der Waals surface area contributed by atoms with Crippen LogP contribution < -0.4 is 10.6 Å². The number of aromatic carboxylic acids is 1. The number of amides is 2. The molecule has 0 saturated carbocycles. The number of carbonyl (C=O) groups is 2. The van der Waals surface area contributed by atoms with Crippen molar-refractivity contribution in [2.45, 2.75) is 6.18 Å². The molecule has 104 valence electrons. The molecule has 0 aliphatic carbocycles. The predicted molar refractivity (Wildman–Crippen MR) is 61.5 cm³/mol. The molecule has 2 amide bonds. The lowest BCUT2D eigenvalue weighted by Gasteiger charge is -2.10. The summed E-state index contributed by atoms with van der Waals surface area (Å²) in [6.07, 6.45) is -4.52. The smallest absolute Gasteiger partial charge is 0.405 e. The minimum atomic E-state index is -4.52. The van der Waals surface area contributed by atoms with Gasteiger partial charge in [-0.3, -0.25) is 0 Å². The van der Waals surface area contributed by atoms with Crippen molar-refractivity contribution in [3.05, 3.63) is 28.8 Å². The summed E-state index contributed by atoms with van der Waals surface area (Å²) in [5.74, 6) is -1.32. The fourth-order valence-corrected chi connectivity index (χ4v) is 1.32. The first-order valence-electron chi connectivity index (χ1n) is 4.83. The molecule has 0 fully saturated rings. The highest BCUT2D eigenvalue weighted by molar-refractivity contribution is 6.33. The standard InChI is InChI=1S/C10H8ClF3N2O3/c11-7-2-1-5(3-6(7)8(17)18)16-9(19)15-4-10(12,13)14/h1-3H,4H2,(H,17,18)(H2,15,16,19). The monoisotopic (exact) mass is 296 g/mol. The number of rotatable bonds is 3. The number of alkyl halides is 3. The van der Waals surface area contributed by atoms with E-state index in [4.69, 9.17) is 16.7 Å². The molecule has 0 unspecified atom stereocenters. The van der Waals surface area contributed by atoms with E-state index in [0.29, 0.717) is 0 Å². The third kappa shape index (κ3) is 5.04. The molecule has 9 heteroatoms. The van der Waals surface area contributed by atoms with E-state index in [1.165, 1.54) is 12.1 Å². The summed E-state index contributed by atoms with van der Waals surface area (Å²) in [7, 11) is 0. The van der Waals surface area contributed by atoms with Crippen LogP contribution in [0.2, 0.25) is 5.02 Å². The summed E-state index contributed by atoms with van der Waals surface area (Å²) in [6.45, 7) is -1.49. The lowest BCUT2D eigenvalue weighted by atomic mass is 10.2. The Balaban J connectivity index is 2.70. The Morgan fingerprint density at radius 2 is 1.95 bits per heavy atom. The average Bonchev–Trinajstić information content (AvgIpc) is 2.28. The van der Waals surface area contributed by atoms with E-state index in [2.05, 4.69) is 5.32 Å². The van der Waals surface area contributed by atoms with E-state index in [1.54, 1.807) is 5.32 Å². The average molecular weight is 297 g/mol. The quantitative estimate of drug-likeness (QED) is 0.802. The van der Waals surface area contributed by atoms with Crippen LogP contribution in [-0.2, 0) is 0 Å². The number of hydrogen-bond donors (Lipinski definition) is 3. The molecule has 1 aromatic carbocycles. The second-order valence-electron chi connectivity index (χ2n) is 3.42. The van der Waals surface area contributed by atoms with Crippen LogP contribution in [-0.4, -0.2) is 29.8 Å². The van der Waals surface area contributed by atoms with Gasteiger partial charge >= 0.3 is 18.2 Å². The first-order chi connectivity index (χ1) is 8.69. The molecule has 0 heterocycles. The van der Waals surface area contributed by atoms with Crippen LogP contribution in [0.5, 0.6) is 0 Å². The Labute approximate surface area is 110 Å². The summed E-state index contributed by atoms with van der Waals surface area (Å²) in [5, 5.41) is 12.4. The molecule has 5 nitrogen and oxygen atoms in total. The summed E-state index contributed by atoms with van der Waals surface area (Å²) in [5.41, 5.74) is -0.253. The number of halogens is 4. The van der Waals surface area contributed by atoms with Gasteiger partial charge in [0, 0.05) is 5.69 Å². The normalized spacial score (nSPS) is 10.9. The number of carboxylic acid groups (broad SMARTS) is 1. The molecule has 0 spiro atoms. The van der Waals surface area contributed by atoms with Gasteiger partial charge in [-0.2, -0.15) is 13.2 Å². The summed E-state index contributed by atoms with van der Waals surface area (Å²) in [4.78, 5) is 21.9. The Hall–Kier alpha value is -1.96. The Morgan fingerprint density at radius 3 is 2.47 bits per heavy atom. The van der Waals surface area contributed by atoms with E-state index >= 15 is 0 Å². The van der Waals surface area contributed by atoms with Gasteiger partial charge < -0.3 is 15.7 Å². The first-order valence-corrected chi connectivity index (χ1v) is 5.21. The second kappa shape index (κ2) is 5.79. The third-order valence-electron chi connectivity index (χ3n) is 1.90. The topological polar surface area (TPSA) is 78.4 Å². The number of urea groups is 1. The van der Waals surface area contributed by atoms with Gasteiger partial charge in [0.25, 0.3) is 0 Å². The highest BCUT2D eigenvalue weighted by Gasteiger charge is 2.27. The SMILES string of the molecule is O=C(NCC(F)(F)F)Nc1ccc(Cl)c(C(=O)O)c1. The Bertz CT molecular complexity index is 505. The van der Waals surface area contributed by atoms with Crippen LogP contribution in [0.15, 0.2) is 18.2 Å². The number of hydrogen-bond acceptors (Lipinski definition) is 2. The van der Waals surface area contributed by atoms with Crippen molar-refractivity contribution in [2.24, 2.45) is 0 Å². The van der Waals surface area contributed by atoms with Crippen molar-refractivity contribution in [3.8, 4) is 0 Å². The van der Waals surface area contributed by atoms with Crippen molar-refractivity contribution in [3.63, 3.8) is 0 Å². The fraction of sp³-hybridized carbons (Fsp3) is 0.200. The fourth-order valence-electron chi connectivity index (χ4n) is 1.12. The minimum Gasteiger partial charge on any atom is -0.478 e. The molecule has 0 bridgehead atoms. The summed E-state index contributed by atoms with van der Waals surface area (Å²) < 4.78 is 35.5. The van der Waals surface area contributed by atoms with Crippen LogP contribution in [0.4, 0.5) is 23.7 Å². The molecule has 0 atom stereocenters. The van der Waals surface area contributed by atoms with Crippen LogP contribution in [0, 0.1) is 0 Å². The molecular weight excluding hydrogens is 289 g/mol. The van der Waals surface area contributed by atoms with E-state index in [-0.39, 0.29) is 16.3 Å². The van der Waals surface area contributed by atoms with Crippen molar-refractivity contribution < 1.29 is 27.9 Å². The molecule has 3 N–H and O–H groups in total. The van der Waals surface area contributed by atoms with Gasteiger partial charge in [0.1, 0.15) is 6.54 Å². The molecule has 19 heavy (non-hydrogen) atoms. The minimum absolute atomic E-state index is 0.0153. The van der Waals surface area contributed by atoms with Crippen molar-refractivity contribution >= 4 is 29.3 Å². The molecule has 1 aromatic rings. The lowest BCUT2D eigenvalue weighted by molar-refractivity contribution is -0.122. The number of anilines is 1. The van der Waals surface area contributed by atoms with E-state index < -0.39 is 24.7 Å². The largest absolute Gasteiger partial charge is 0.478 e. The Kier molecular flexibility index (Phi) is 4.60. The third-order valence-corrected chi connectivity index (χ3v) is 2.23. The Morgan fingerprint density at radius 1 is 1.32 bits per heavy atom. The molecule has 0 aromatic heterocycles. The molecule has 0 saturated heterocycles. The summed E-state index contributed by atoms with van der Waals surface area (Å²) >= 11 is 5.59. The number of benzene rings is 1. The second-order valence-corrected chi connectivity index (χ2v) is 3.83. The molecule has 0 aliphatic heterocycles.